The van der Waals surface area contributed by atoms with Crippen LogP contribution in [0.25, 0.3) is 0 Å². The van der Waals surface area contributed by atoms with Gasteiger partial charge in [-0.25, -0.2) is 0 Å². The summed E-state index contributed by atoms with van der Waals surface area (Å²) in [5.41, 5.74) is 7.27. The summed E-state index contributed by atoms with van der Waals surface area (Å²) in [5, 5.41) is 0.560. The minimum absolute atomic E-state index is 0.122. The van der Waals surface area contributed by atoms with Crippen molar-refractivity contribution < 1.29 is 4.74 Å². The van der Waals surface area contributed by atoms with Crippen molar-refractivity contribution >= 4 is 43.5 Å². The topological polar surface area (TPSA) is 35.2 Å². The maximum atomic E-state index is 6.25. The van der Waals surface area contributed by atoms with Gasteiger partial charge < -0.3 is 10.5 Å². The fourth-order valence-corrected chi connectivity index (χ4v) is 3.24. The normalized spacial score (nSPS) is 13.8. The highest BCUT2D eigenvalue weighted by molar-refractivity contribution is 9.10. The molecule has 112 valence electrons. The zero-order valence-electron chi connectivity index (χ0n) is 11.5. The van der Waals surface area contributed by atoms with Crippen LogP contribution in [-0.4, -0.2) is 6.04 Å². The molecule has 0 heterocycles. The molecule has 2 unspecified atom stereocenters. The molecule has 2 nitrogen and oxygen atoms in total. The maximum absolute atomic E-state index is 6.25. The van der Waals surface area contributed by atoms with E-state index in [2.05, 4.69) is 31.9 Å². The molecule has 2 aromatic rings. The third-order valence-corrected chi connectivity index (χ3v) is 4.73. The molecule has 0 bridgehead atoms. The Bertz CT molecular complexity index is 621. The van der Waals surface area contributed by atoms with E-state index in [1.165, 1.54) is 0 Å². The summed E-state index contributed by atoms with van der Waals surface area (Å²) in [5.74, 6) is 0.629. The Hall–Kier alpha value is -0.550. The predicted molar refractivity (Wildman–Crippen MR) is 94.9 cm³/mol. The molecule has 0 spiro atoms. The van der Waals surface area contributed by atoms with E-state index in [0.717, 1.165) is 20.9 Å². The first-order valence-electron chi connectivity index (χ1n) is 6.64. The minimum atomic E-state index is -0.260. The Kier molecular flexibility index (Phi) is 6.11. The van der Waals surface area contributed by atoms with Crippen LogP contribution in [-0.2, 0) is 0 Å². The second-order valence-electron chi connectivity index (χ2n) is 4.71. The largest absolute Gasteiger partial charge is 0.482 e. The van der Waals surface area contributed by atoms with Gasteiger partial charge in [0.1, 0.15) is 11.9 Å². The second kappa shape index (κ2) is 7.63. The van der Waals surface area contributed by atoms with Crippen LogP contribution in [0.15, 0.2) is 51.4 Å². The summed E-state index contributed by atoms with van der Waals surface area (Å²) in [6.07, 6.45) is 0.546. The van der Waals surface area contributed by atoms with Gasteiger partial charge in [0.15, 0.2) is 0 Å². The van der Waals surface area contributed by atoms with Crippen LogP contribution in [0.4, 0.5) is 0 Å². The van der Waals surface area contributed by atoms with Crippen molar-refractivity contribution in [3.05, 3.63) is 62.0 Å². The fourth-order valence-electron chi connectivity index (χ4n) is 2.01. The van der Waals surface area contributed by atoms with Gasteiger partial charge >= 0.3 is 0 Å². The smallest absolute Gasteiger partial charge is 0.140 e. The van der Waals surface area contributed by atoms with E-state index in [-0.39, 0.29) is 12.1 Å². The molecule has 0 aliphatic rings. The lowest BCUT2D eigenvalue weighted by Crippen LogP contribution is -2.31. The van der Waals surface area contributed by atoms with Crippen LogP contribution < -0.4 is 10.5 Å². The third-order valence-electron chi connectivity index (χ3n) is 3.22. The molecule has 0 saturated heterocycles. The molecule has 21 heavy (non-hydrogen) atoms. The summed E-state index contributed by atoms with van der Waals surface area (Å²) >= 11 is 13.2. The lowest BCUT2D eigenvalue weighted by Gasteiger charge is -2.26. The molecule has 2 aromatic carbocycles. The lowest BCUT2D eigenvalue weighted by molar-refractivity contribution is 0.170. The summed E-state index contributed by atoms with van der Waals surface area (Å²) in [4.78, 5) is 0. The number of ether oxygens (including phenoxy) is 1. The zero-order chi connectivity index (χ0) is 15.4. The molecule has 0 saturated carbocycles. The molecule has 2 rings (SSSR count). The Morgan fingerprint density at radius 3 is 2.52 bits per heavy atom. The summed E-state index contributed by atoms with van der Waals surface area (Å²) in [6.45, 7) is 2.04. The number of halogens is 3. The van der Waals surface area contributed by atoms with E-state index >= 15 is 0 Å². The van der Waals surface area contributed by atoms with Crippen LogP contribution in [0, 0.1) is 0 Å². The third kappa shape index (κ3) is 4.22. The summed E-state index contributed by atoms with van der Waals surface area (Å²) < 4.78 is 8.00. The van der Waals surface area contributed by atoms with Gasteiger partial charge in [-0.3, -0.25) is 0 Å². The van der Waals surface area contributed by atoms with Crippen molar-refractivity contribution in [1.82, 2.24) is 0 Å². The second-order valence-corrected chi connectivity index (χ2v) is 6.88. The molecule has 0 aliphatic carbocycles. The molecule has 2 atom stereocenters. The van der Waals surface area contributed by atoms with Gasteiger partial charge in [-0.05, 0) is 30.7 Å². The highest BCUT2D eigenvalue weighted by atomic mass is 79.9. The van der Waals surface area contributed by atoms with E-state index in [1.807, 2.05) is 49.4 Å². The fraction of sp³-hybridized carbons (Fsp3) is 0.250. The Morgan fingerprint density at radius 1 is 1.19 bits per heavy atom. The van der Waals surface area contributed by atoms with Gasteiger partial charge in [-0.15, -0.1) is 0 Å². The van der Waals surface area contributed by atoms with Crippen molar-refractivity contribution in [2.45, 2.75) is 25.5 Å². The van der Waals surface area contributed by atoms with Crippen molar-refractivity contribution in [3.8, 4) is 5.75 Å². The molecule has 0 aliphatic heterocycles. The number of benzene rings is 2. The molecule has 5 heteroatoms. The lowest BCUT2D eigenvalue weighted by atomic mass is 10.0. The SMILES string of the molecule is CCC(N)C(Oc1ccc(Br)cc1Cl)c1ccccc1Br. The first-order chi connectivity index (χ1) is 10.0. The molecule has 0 aromatic heterocycles. The highest BCUT2D eigenvalue weighted by Crippen LogP contribution is 2.35. The van der Waals surface area contributed by atoms with Crippen molar-refractivity contribution in [2.24, 2.45) is 5.73 Å². The quantitative estimate of drug-likeness (QED) is 0.654. The summed E-state index contributed by atoms with van der Waals surface area (Å²) in [6, 6.07) is 13.4. The number of hydrogen-bond acceptors (Lipinski definition) is 2. The van der Waals surface area contributed by atoms with Crippen LogP contribution in [0.1, 0.15) is 25.0 Å². The van der Waals surface area contributed by atoms with Crippen LogP contribution in [0.3, 0.4) is 0 Å². The van der Waals surface area contributed by atoms with Crippen LogP contribution >= 0.6 is 43.5 Å². The van der Waals surface area contributed by atoms with E-state index in [4.69, 9.17) is 22.1 Å². The Labute approximate surface area is 146 Å². The standard InChI is InChI=1S/C16H16Br2ClNO/c1-2-14(20)16(11-5-3-4-6-12(11)18)21-15-8-7-10(17)9-13(15)19/h3-9,14,16H,2,20H2,1H3. The van der Waals surface area contributed by atoms with E-state index in [1.54, 1.807) is 0 Å². The maximum Gasteiger partial charge on any atom is 0.140 e. The van der Waals surface area contributed by atoms with Gasteiger partial charge in [0.05, 0.1) is 5.02 Å². The number of rotatable bonds is 5. The average Bonchev–Trinajstić information content (AvgIpc) is 2.47. The molecule has 0 amide bonds. The van der Waals surface area contributed by atoms with E-state index < -0.39 is 0 Å². The highest BCUT2D eigenvalue weighted by Gasteiger charge is 2.23. The van der Waals surface area contributed by atoms with Crippen molar-refractivity contribution in [1.29, 1.82) is 0 Å². The molecule has 2 N–H and O–H groups in total. The van der Waals surface area contributed by atoms with Gasteiger partial charge in [0.25, 0.3) is 0 Å². The predicted octanol–water partition coefficient (Wildman–Crippen LogP) is 5.72. The van der Waals surface area contributed by atoms with E-state index in [0.29, 0.717) is 10.8 Å². The Morgan fingerprint density at radius 2 is 1.90 bits per heavy atom. The average molecular weight is 434 g/mol. The monoisotopic (exact) mass is 431 g/mol. The molecular weight excluding hydrogens is 417 g/mol. The first-order valence-corrected chi connectivity index (χ1v) is 8.61. The van der Waals surface area contributed by atoms with Gasteiger partial charge in [-0.1, -0.05) is 68.6 Å². The molecule has 0 radical (unpaired) electrons. The first kappa shape index (κ1) is 16.8. The van der Waals surface area contributed by atoms with Crippen molar-refractivity contribution in [3.63, 3.8) is 0 Å². The van der Waals surface area contributed by atoms with Gasteiger partial charge in [0.2, 0.25) is 0 Å². The molecular formula is C16H16Br2ClNO. The van der Waals surface area contributed by atoms with E-state index in [9.17, 15) is 0 Å². The zero-order valence-corrected chi connectivity index (χ0v) is 15.5. The van der Waals surface area contributed by atoms with Crippen LogP contribution in [0.5, 0.6) is 5.75 Å². The van der Waals surface area contributed by atoms with Crippen molar-refractivity contribution in [2.75, 3.05) is 0 Å². The van der Waals surface area contributed by atoms with Gasteiger partial charge in [0, 0.05) is 20.6 Å². The number of hydrogen-bond donors (Lipinski definition) is 1. The van der Waals surface area contributed by atoms with Gasteiger partial charge in [-0.2, -0.15) is 0 Å². The summed E-state index contributed by atoms with van der Waals surface area (Å²) in [7, 11) is 0. The molecule has 0 fully saturated rings. The number of nitrogens with two attached hydrogens (primary N) is 1. The minimum Gasteiger partial charge on any atom is -0.482 e. The Balaban J connectivity index is 2.35. The van der Waals surface area contributed by atoms with Crippen LogP contribution in [0.2, 0.25) is 5.02 Å².